The molecule has 8 aromatic carbocycles. The number of anilines is 3. The second-order valence-electron chi connectivity index (χ2n) is 13.4. The SMILES string of the molecule is C(=C1\Cc2cc(N(c3ccc(-c4ccccc4)cc3)c3ccccc3-c3cccc(-c4ccccc4)c3)ccc2-c2ccccc21)/c1ccccc1. The van der Waals surface area contributed by atoms with Crippen LogP contribution in [0.1, 0.15) is 16.7 Å². The van der Waals surface area contributed by atoms with Crippen molar-refractivity contribution in [3.05, 3.63) is 223 Å². The van der Waals surface area contributed by atoms with Crippen molar-refractivity contribution >= 4 is 28.7 Å². The molecule has 0 N–H and O–H groups in total. The Hall–Kier alpha value is -6.70. The monoisotopic (exact) mass is 663 g/mol. The summed E-state index contributed by atoms with van der Waals surface area (Å²) in [7, 11) is 0. The molecule has 0 heterocycles. The third-order valence-electron chi connectivity index (χ3n) is 10.1. The van der Waals surface area contributed by atoms with E-state index in [1.165, 1.54) is 66.8 Å². The molecule has 0 aliphatic heterocycles. The summed E-state index contributed by atoms with van der Waals surface area (Å²) in [5, 5.41) is 0. The number of benzene rings is 8. The Morgan fingerprint density at radius 2 is 0.885 bits per heavy atom. The highest BCUT2D eigenvalue weighted by Gasteiger charge is 2.23. The normalized spacial score (nSPS) is 12.6. The number of allylic oxidation sites excluding steroid dienone is 1. The number of para-hydroxylation sites is 1. The lowest BCUT2D eigenvalue weighted by Crippen LogP contribution is -2.13. The standard InChI is InChI=1S/C51H37N/c1-4-15-37(16-5-1)33-43-35-44-36-46(31-32-48(44)50-25-11-10-23-47(43)50)52(45-29-27-40(28-30-45)38-17-6-2-7-18-38)51-26-13-12-24-49(51)42-22-14-21-41(34-42)39-19-8-3-9-20-39/h1-34,36H,35H2/b43-33-. The van der Waals surface area contributed by atoms with Crippen LogP contribution >= 0.6 is 0 Å². The molecule has 0 radical (unpaired) electrons. The summed E-state index contributed by atoms with van der Waals surface area (Å²) in [6, 6.07) is 74.5. The van der Waals surface area contributed by atoms with Gasteiger partial charge in [0.2, 0.25) is 0 Å². The lowest BCUT2D eigenvalue weighted by atomic mass is 9.81. The summed E-state index contributed by atoms with van der Waals surface area (Å²) in [5.41, 5.74) is 18.4. The van der Waals surface area contributed by atoms with Gasteiger partial charge in [-0.1, -0.05) is 176 Å². The molecule has 1 aliphatic carbocycles. The predicted octanol–water partition coefficient (Wildman–Crippen LogP) is 13.9. The maximum atomic E-state index is 2.43. The minimum absolute atomic E-state index is 0.858. The zero-order valence-electron chi connectivity index (χ0n) is 28.9. The Labute approximate surface area is 306 Å². The predicted molar refractivity (Wildman–Crippen MR) is 221 cm³/mol. The van der Waals surface area contributed by atoms with Gasteiger partial charge < -0.3 is 4.90 Å². The van der Waals surface area contributed by atoms with E-state index in [9.17, 15) is 0 Å². The van der Waals surface area contributed by atoms with Crippen LogP contribution in [0.3, 0.4) is 0 Å². The van der Waals surface area contributed by atoms with E-state index in [-0.39, 0.29) is 0 Å². The average Bonchev–Trinajstić information content (AvgIpc) is 3.22. The summed E-state index contributed by atoms with van der Waals surface area (Å²) in [6.45, 7) is 0. The van der Waals surface area contributed by atoms with E-state index in [4.69, 9.17) is 0 Å². The Bertz CT molecular complexity index is 2510. The number of rotatable bonds is 7. The van der Waals surface area contributed by atoms with Gasteiger partial charge in [-0.05, 0) is 104 Å². The van der Waals surface area contributed by atoms with Crippen molar-refractivity contribution in [1.29, 1.82) is 0 Å². The van der Waals surface area contributed by atoms with Gasteiger partial charge in [0.1, 0.15) is 0 Å². The van der Waals surface area contributed by atoms with E-state index >= 15 is 0 Å². The van der Waals surface area contributed by atoms with Gasteiger partial charge in [0.05, 0.1) is 5.69 Å². The molecular formula is C51H37N. The van der Waals surface area contributed by atoms with Crippen molar-refractivity contribution in [3.8, 4) is 44.5 Å². The van der Waals surface area contributed by atoms with E-state index in [1.54, 1.807) is 0 Å². The largest absolute Gasteiger partial charge is 0.310 e. The van der Waals surface area contributed by atoms with E-state index in [2.05, 4.69) is 217 Å². The molecular weight excluding hydrogens is 627 g/mol. The molecule has 0 fully saturated rings. The second kappa shape index (κ2) is 13.9. The first kappa shape index (κ1) is 31.3. The lowest BCUT2D eigenvalue weighted by molar-refractivity contribution is 1.22. The van der Waals surface area contributed by atoms with Crippen LogP contribution in [0.2, 0.25) is 0 Å². The van der Waals surface area contributed by atoms with Gasteiger partial charge >= 0.3 is 0 Å². The fraction of sp³-hybridized carbons (Fsp3) is 0.0196. The Morgan fingerprint density at radius 3 is 1.62 bits per heavy atom. The van der Waals surface area contributed by atoms with E-state index < -0.39 is 0 Å². The number of hydrogen-bond donors (Lipinski definition) is 0. The molecule has 0 unspecified atom stereocenters. The molecule has 0 bridgehead atoms. The van der Waals surface area contributed by atoms with Crippen LogP contribution in [-0.2, 0) is 6.42 Å². The fourth-order valence-corrected chi connectivity index (χ4v) is 7.58. The van der Waals surface area contributed by atoms with Crippen LogP contribution in [0.25, 0.3) is 56.2 Å². The van der Waals surface area contributed by atoms with Crippen molar-refractivity contribution < 1.29 is 0 Å². The molecule has 1 heteroatoms. The van der Waals surface area contributed by atoms with Crippen molar-refractivity contribution in [1.82, 2.24) is 0 Å². The van der Waals surface area contributed by atoms with Gasteiger partial charge in [0, 0.05) is 16.9 Å². The quantitative estimate of drug-likeness (QED) is 0.164. The second-order valence-corrected chi connectivity index (χ2v) is 13.4. The summed E-state index contributed by atoms with van der Waals surface area (Å²) in [4.78, 5) is 2.43. The van der Waals surface area contributed by atoms with E-state index in [0.717, 1.165) is 23.5 Å². The topological polar surface area (TPSA) is 3.24 Å². The highest BCUT2D eigenvalue weighted by atomic mass is 15.1. The Kier molecular flexibility index (Phi) is 8.37. The molecule has 0 aromatic heterocycles. The average molecular weight is 664 g/mol. The van der Waals surface area contributed by atoms with Crippen LogP contribution in [0.4, 0.5) is 17.1 Å². The summed E-state index contributed by atoms with van der Waals surface area (Å²) < 4.78 is 0. The molecule has 0 spiro atoms. The molecule has 0 atom stereocenters. The number of hydrogen-bond acceptors (Lipinski definition) is 1. The van der Waals surface area contributed by atoms with Crippen molar-refractivity contribution in [2.75, 3.05) is 4.90 Å². The third kappa shape index (κ3) is 6.14. The molecule has 9 rings (SSSR count). The maximum Gasteiger partial charge on any atom is 0.0540 e. The first-order valence-electron chi connectivity index (χ1n) is 18.0. The van der Waals surface area contributed by atoms with Crippen LogP contribution in [0.15, 0.2) is 206 Å². The highest BCUT2D eigenvalue weighted by molar-refractivity contribution is 5.96. The first-order valence-corrected chi connectivity index (χ1v) is 18.0. The van der Waals surface area contributed by atoms with Crippen molar-refractivity contribution in [2.24, 2.45) is 0 Å². The minimum Gasteiger partial charge on any atom is -0.310 e. The third-order valence-corrected chi connectivity index (χ3v) is 10.1. The van der Waals surface area contributed by atoms with Gasteiger partial charge in [-0.15, -0.1) is 0 Å². The highest BCUT2D eigenvalue weighted by Crippen LogP contribution is 2.46. The molecule has 8 aromatic rings. The van der Waals surface area contributed by atoms with Gasteiger partial charge in [0.15, 0.2) is 0 Å². The van der Waals surface area contributed by atoms with Gasteiger partial charge in [-0.3, -0.25) is 0 Å². The molecule has 1 aliphatic rings. The minimum atomic E-state index is 0.858. The smallest absolute Gasteiger partial charge is 0.0540 e. The number of nitrogens with zero attached hydrogens (tertiary/aromatic N) is 1. The molecule has 52 heavy (non-hydrogen) atoms. The fourth-order valence-electron chi connectivity index (χ4n) is 7.58. The summed E-state index contributed by atoms with van der Waals surface area (Å²) in [5.74, 6) is 0. The molecule has 0 saturated heterocycles. The van der Waals surface area contributed by atoms with E-state index in [0.29, 0.717) is 0 Å². The zero-order chi connectivity index (χ0) is 34.7. The van der Waals surface area contributed by atoms with Crippen LogP contribution in [0.5, 0.6) is 0 Å². The molecule has 1 nitrogen and oxygen atoms in total. The van der Waals surface area contributed by atoms with Crippen molar-refractivity contribution in [3.63, 3.8) is 0 Å². The van der Waals surface area contributed by atoms with Gasteiger partial charge in [-0.2, -0.15) is 0 Å². The van der Waals surface area contributed by atoms with Crippen LogP contribution in [0, 0.1) is 0 Å². The van der Waals surface area contributed by atoms with Gasteiger partial charge in [0.25, 0.3) is 0 Å². The molecule has 0 saturated carbocycles. The first-order chi connectivity index (χ1) is 25.8. The Balaban J connectivity index is 1.20. The van der Waals surface area contributed by atoms with E-state index in [1.807, 2.05) is 0 Å². The molecule has 0 amide bonds. The summed E-state index contributed by atoms with van der Waals surface area (Å²) in [6.07, 6.45) is 3.21. The van der Waals surface area contributed by atoms with Crippen LogP contribution < -0.4 is 4.90 Å². The lowest BCUT2D eigenvalue weighted by Gasteiger charge is -2.30. The van der Waals surface area contributed by atoms with Crippen molar-refractivity contribution in [2.45, 2.75) is 6.42 Å². The van der Waals surface area contributed by atoms with Gasteiger partial charge in [-0.25, -0.2) is 0 Å². The number of fused-ring (bicyclic) bond motifs is 3. The zero-order valence-corrected chi connectivity index (χ0v) is 28.9. The molecule has 246 valence electrons. The summed E-state index contributed by atoms with van der Waals surface area (Å²) >= 11 is 0. The maximum absolute atomic E-state index is 2.43. The Morgan fingerprint density at radius 1 is 0.346 bits per heavy atom. The van der Waals surface area contributed by atoms with Crippen LogP contribution in [-0.4, -0.2) is 0 Å².